The Labute approximate surface area is 147 Å². The molecule has 0 atom stereocenters. The number of aromatic hydroxyl groups is 1. The molecule has 2 aromatic carbocycles. The molecular formula is C20H21N3O2. The van der Waals surface area contributed by atoms with Crippen LogP contribution >= 0.6 is 0 Å². The number of carbonyl (C=O) groups excluding carboxylic acids is 1. The number of hydrogen-bond donors (Lipinski definition) is 3. The second-order valence-electron chi connectivity index (χ2n) is 6.03. The predicted molar refractivity (Wildman–Crippen MR) is 99.3 cm³/mol. The minimum absolute atomic E-state index is 0.0460. The summed E-state index contributed by atoms with van der Waals surface area (Å²) >= 11 is 0. The van der Waals surface area contributed by atoms with E-state index in [4.69, 9.17) is 0 Å². The Morgan fingerprint density at radius 2 is 1.92 bits per heavy atom. The Hall–Kier alpha value is -3.26. The Morgan fingerprint density at radius 3 is 2.60 bits per heavy atom. The van der Waals surface area contributed by atoms with Gasteiger partial charge >= 0.3 is 0 Å². The van der Waals surface area contributed by atoms with Gasteiger partial charge in [-0.15, -0.1) is 0 Å². The fourth-order valence-electron chi connectivity index (χ4n) is 2.37. The molecule has 0 aliphatic carbocycles. The number of aryl methyl sites for hydroxylation is 1. The largest absolute Gasteiger partial charge is 0.506 e. The summed E-state index contributed by atoms with van der Waals surface area (Å²) in [7, 11) is 0. The summed E-state index contributed by atoms with van der Waals surface area (Å²) in [5, 5.41) is 24.7. The van der Waals surface area contributed by atoms with Crippen LogP contribution in [0.15, 0.2) is 54.2 Å². The van der Waals surface area contributed by atoms with Crippen LogP contribution in [0, 0.1) is 18.3 Å². The third kappa shape index (κ3) is 4.61. The zero-order chi connectivity index (χ0) is 18.4. The number of nitrogens with zero attached hydrogens (tertiary/aromatic N) is 1. The smallest absolute Gasteiger partial charge is 0.267 e. The van der Waals surface area contributed by atoms with E-state index in [1.165, 1.54) is 6.20 Å². The number of benzene rings is 2. The van der Waals surface area contributed by atoms with Crippen LogP contribution in [0.1, 0.15) is 30.9 Å². The van der Waals surface area contributed by atoms with Gasteiger partial charge < -0.3 is 15.7 Å². The number of nitrogens with one attached hydrogen (secondary N) is 2. The van der Waals surface area contributed by atoms with Gasteiger partial charge in [0, 0.05) is 11.9 Å². The molecular weight excluding hydrogens is 314 g/mol. The van der Waals surface area contributed by atoms with Gasteiger partial charge in [0.05, 0.1) is 5.69 Å². The lowest BCUT2D eigenvalue weighted by Crippen LogP contribution is -2.16. The average molecular weight is 335 g/mol. The van der Waals surface area contributed by atoms with E-state index in [1.807, 2.05) is 51.1 Å². The van der Waals surface area contributed by atoms with Crippen molar-refractivity contribution >= 4 is 17.3 Å². The highest BCUT2D eigenvalue weighted by atomic mass is 16.3. The van der Waals surface area contributed by atoms with Crippen molar-refractivity contribution in [3.63, 3.8) is 0 Å². The summed E-state index contributed by atoms with van der Waals surface area (Å²) in [6, 6.07) is 14.4. The fourth-order valence-corrected chi connectivity index (χ4v) is 2.37. The van der Waals surface area contributed by atoms with Crippen molar-refractivity contribution < 1.29 is 9.90 Å². The summed E-state index contributed by atoms with van der Waals surface area (Å²) in [4.78, 5) is 12.4. The van der Waals surface area contributed by atoms with Gasteiger partial charge in [-0.25, -0.2) is 0 Å². The van der Waals surface area contributed by atoms with E-state index < -0.39 is 5.91 Å². The van der Waals surface area contributed by atoms with Gasteiger partial charge in [-0.3, -0.25) is 4.79 Å². The van der Waals surface area contributed by atoms with Crippen molar-refractivity contribution in [3.05, 3.63) is 65.4 Å². The van der Waals surface area contributed by atoms with Crippen molar-refractivity contribution in [3.8, 4) is 11.8 Å². The molecule has 25 heavy (non-hydrogen) atoms. The van der Waals surface area contributed by atoms with E-state index in [9.17, 15) is 15.2 Å². The number of carbonyl (C=O) groups is 1. The van der Waals surface area contributed by atoms with Crippen LogP contribution < -0.4 is 10.6 Å². The number of phenols is 1. The molecule has 0 spiro atoms. The lowest BCUT2D eigenvalue weighted by atomic mass is 10.0. The van der Waals surface area contributed by atoms with Crippen LogP contribution in [0.4, 0.5) is 11.4 Å². The second kappa shape index (κ2) is 8.02. The standard InChI is InChI=1S/C20H21N3O2/c1-13(2)16-6-4-5-7-17(16)23-20(25)15(11-21)12-22-18-10-14(3)8-9-19(18)24/h4-10,12-13,22,24H,1-3H3,(H,23,25)/b15-12-. The second-order valence-corrected chi connectivity index (χ2v) is 6.03. The number of amides is 1. The Balaban J connectivity index is 2.19. The van der Waals surface area contributed by atoms with Crippen molar-refractivity contribution in [2.45, 2.75) is 26.7 Å². The molecule has 0 saturated heterocycles. The van der Waals surface area contributed by atoms with Gasteiger partial charge in [-0.1, -0.05) is 38.1 Å². The highest BCUT2D eigenvalue weighted by Crippen LogP contribution is 2.25. The molecule has 3 N–H and O–H groups in total. The quantitative estimate of drug-likeness (QED) is 0.432. The van der Waals surface area contributed by atoms with E-state index in [0.29, 0.717) is 11.4 Å². The van der Waals surface area contributed by atoms with Gasteiger partial charge in [-0.05, 0) is 42.2 Å². The van der Waals surface area contributed by atoms with E-state index in [1.54, 1.807) is 18.2 Å². The molecule has 0 fully saturated rings. The first-order valence-electron chi connectivity index (χ1n) is 7.99. The minimum Gasteiger partial charge on any atom is -0.506 e. The lowest BCUT2D eigenvalue weighted by molar-refractivity contribution is -0.112. The third-order valence-electron chi connectivity index (χ3n) is 3.72. The van der Waals surface area contributed by atoms with Crippen molar-refractivity contribution in [1.82, 2.24) is 0 Å². The molecule has 0 radical (unpaired) electrons. The van der Waals surface area contributed by atoms with Crippen LogP contribution in [0.5, 0.6) is 5.75 Å². The highest BCUT2D eigenvalue weighted by Gasteiger charge is 2.13. The summed E-state index contributed by atoms with van der Waals surface area (Å²) in [6.07, 6.45) is 1.29. The molecule has 0 unspecified atom stereocenters. The zero-order valence-electron chi connectivity index (χ0n) is 14.5. The Kier molecular flexibility index (Phi) is 5.80. The van der Waals surface area contributed by atoms with E-state index in [0.717, 1.165) is 11.1 Å². The lowest BCUT2D eigenvalue weighted by Gasteiger charge is -2.13. The van der Waals surface area contributed by atoms with E-state index >= 15 is 0 Å². The maximum atomic E-state index is 12.4. The molecule has 0 saturated carbocycles. The van der Waals surface area contributed by atoms with E-state index in [2.05, 4.69) is 10.6 Å². The van der Waals surface area contributed by atoms with Gasteiger partial charge in [0.25, 0.3) is 5.91 Å². The van der Waals surface area contributed by atoms with Crippen molar-refractivity contribution in [1.29, 1.82) is 5.26 Å². The summed E-state index contributed by atoms with van der Waals surface area (Å²) in [6.45, 7) is 5.96. The van der Waals surface area contributed by atoms with Gasteiger partial charge in [0.2, 0.25) is 0 Å². The van der Waals surface area contributed by atoms with Crippen molar-refractivity contribution in [2.75, 3.05) is 10.6 Å². The molecule has 0 aliphatic heterocycles. The predicted octanol–water partition coefficient (Wildman–Crippen LogP) is 4.28. The van der Waals surface area contributed by atoms with Gasteiger partial charge in [0.1, 0.15) is 17.4 Å². The average Bonchev–Trinajstić information content (AvgIpc) is 2.58. The minimum atomic E-state index is -0.504. The highest BCUT2D eigenvalue weighted by molar-refractivity contribution is 6.07. The Morgan fingerprint density at radius 1 is 1.20 bits per heavy atom. The molecule has 5 nitrogen and oxygen atoms in total. The molecule has 0 bridgehead atoms. The summed E-state index contributed by atoms with van der Waals surface area (Å²) in [5.41, 5.74) is 2.98. The monoisotopic (exact) mass is 335 g/mol. The molecule has 0 aliphatic rings. The molecule has 1 amide bonds. The number of phenolic OH excluding ortho intramolecular Hbond substituents is 1. The number of anilines is 2. The molecule has 0 aromatic heterocycles. The van der Waals surface area contributed by atoms with Crippen LogP contribution in [-0.4, -0.2) is 11.0 Å². The molecule has 2 aromatic rings. The van der Waals surface area contributed by atoms with Crippen molar-refractivity contribution in [2.24, 2.45) is 0 Å². The number of hydrogen-bond acceptors (Lipinski definition) is 4. The first kappa shape index (κ1) is 18.1. The third-order valence-corrected chi connectivity index (χ3v) is 3.72. The fraction of sp³-hybridized carbons (Fsp3) is 0.200. The Bertz CT molecular complexity index is 848. The van der Waals surface area contributed by atoms with Crippen LogP contribution in [0.2, 0.25) is 0 Å². The van der Waals surface area contributed by atoms with Gasteiger partial charge in [-0.2, -0.15) is 5.26 Å². The van der Waals surface area contributed by atoms with Crippen LogP contribution in [0.25, 0.3) is 0 Å². The van der Waals surface area contributed by atoms with E-state index in [-0.39, 0.29) is 17.2 Å². The van der Waals surface area contributed by atoms with Gasteiger partial charge in [0.15, 0.2) is 0 Å². The molecule has 0 heterocycles. The zero-order valence-corrected chi connectivity index (χ0v) is 14.5. The first-order chi connectivity index (χ1) is 11.9. The number of nitriles is 1. The summed E-state index contributed by atoms with van der Waals surface area (Å²) < 4.78 is 0. The molecule has 128 valence electrons. The number of para-hydroxylation sites is 1. The summed E-state index contributed by atoms with van der Waals surface area (Å²) in [5.74, 6) is -0.215. The normalized spacial score (nSPS) is 11.1. The number of rotatable bonds is 5. The van der Waals surface area contributed by atoms with Crippen LogP contribution in [0.3, 0.4) is 0 Å². The molecule has 5 heteroatoms. The first-order valence-corrected chi connectivity index (χ1v) is 7.99. The van der Waals surface area contributed by atoms with Crippen LogP contribution in [-0.2, 0) is 4.79 Å². The SMILES string of the molecule is Cc1ccc(O)c(N/C=C(/C#N)C(=O)Nc2ccccc2C(C)C)c1. The maximum Gasteiger partial charge on any atom is 0.267 e. The topological polar surface area (TPSA) is 85.2 Å². The maximum absolute atomic E-state index is 12.4. The molecule has 2 rings (SSSR count).